The van der Waals surface area contributed by atoms with Crippen LogP contribution >= 0.6 is 23.2 Å². The molecule has 4 heteroatoms. The van der Waals surface area contributed by atoms with Crippen molar-refractivity contribution in [1.82, 2.24) is 0 Å². The van der Waals surface area contributed by atoms with E-state index in [1.807, 2.05) is 19.1 Å². The van der Waals surface area contributed by atoms with Crippen molar-refractivity contribution in [2.24, 2.45) is 0 Å². The summed E-state index contributed by atoms with van der Waals surface area (Å²) < 4.78 is 5.50. The highest BCUT2D eigenvalue weighted by Crippen LogP contribution is 2.31. The summed E-state index contributed by atoms with van der Waals surface area (Å²) in [7, 11) is 0. The van der Waals surface area contributed by atoms with E-state index in [9.17, 15) is 0 Å². The number of hydrogen-bond donors (Lipinski definition) is 1. The normalized spacial score (nSPS) is 23.9. The molecule has 1 aliphatic carbocycles. The van der Waals surface area contributed by atoms with Gasteiger partial charge in [0.2, 0.25) is 0 Å². The minimum atomic E-state index is 0.411. The van der Waals surface area contributed by atoms with Gasteiger partial charge in [-0.3, -0.25) is 0 Å². The van der Waals surface area contributed by atoms with Crippen LogP contribution in [0.5, 0.6) is 0 Å². The molecule has 1 fully saturated rings. The standard InChI is InChI=1S/C12H15Cl2NO/c1-2-16-10-6-9(7-10)15-12-4-3-8(13)5-11(12)14/h3-5,9-10,15H,2,6-7H2,1H3. The van der Waals surface area contributed by atoms with Gasteiger partial charge in [-0.1, -0.05) is 23.2 Å². The number of rotatable bonds is 4. The van der Waals surface area contributed by atoms with Crippen LogP contribution in [0.1, 0.15) is 19.8 Å². The molecule has 0 atom stereocenters. The fourth-order valence-electron chi connectivity index (χ4n) is 1.88. The molecule has 1 aromatic rings. The van der Waals surface area contributed by atoms with E-state index in [-0.39, 0.29) is 0 Å². The molecule has 1 N–H and O–H groups in total. The van der Waals surface area contributed by atoms with Crippen molar-refractivity contribution in [2.75, 3.05) is 11.9 Å². The molecule has 1 aromatic carbocycles. The van der Waals surface area contributed by atoms with E-state index >= 15 is 0 Å². The van der Waals surface area contributed by atoms with Crippen molar-refractivity contribution in [1.29, 1.82) is 0 Å². The maximum Gasteiger partial charge on any atom is 0.0652 e. The van der Waals surface area contributed by atoms with Crippen molar-refractivity contribution in [3.63, 3.8) is 0 Å². The van der Waals surface area contributed by atoms with Gasteiger partial charge in [-0.15, -0.1) is 0 Å². The van der Waals surface area contributed by atoms with Crippen LogP contribution in [-0.2, 0) is 4.74 Å². The number of anilines is 1. The molecule has 0 amide bonds. The molecular weight excluding hydrogens is 245 g/mol. The topological polar surface area (TPSA) is 21.3 Å². The average molecular weight is 260 g/mol. The van der Waals surface area contributed by atoms with Crippen LogP contribution in [-0.4, -0.2) is 18.8 Å². The van der Waals surface area contributed by atoms with Crippen LogP contribution in [0.25, 0.3) is 0 Å². The fraction of sp³-hybridized carbons (Fsp3) is 0.500. The molecule has 16 heavy (non-hydrogen) atoms. The summed E-state index contributed by atoms with van der Waals surface area (Å²) in [6, 6.07) is 5.98. The number of halogens is 2. The molecule has 0 spiro atoms. The zero-order chi connectivity index (χ0) is 11.5. The monoisotopic (exact) mass is 259 g/mol. The Labute approximate surface area is 106 Å². The molecule has 0 bridgehead atoms. The Bertz CT molecular complexity index is 364. The first-order valence-electron chi connectivity index (χ1n) is 5.52. The highest BCUT2D eigenvalue weighted by Gasteiger charge is 2.29. The predicted octanol–water partition coefficient (Wildman–Crippen LogP) is 3.97. The molecule has 0 saturated heterocycles. The van der Waals surface area contributed by atoms with Crippen LogP contribution < -0.4 is 5.32 Å². The largest absolute Gasteiger partial charge is 0.381 e. The maximum atomic E-state index is 6.07. The summed E-state index contributed by atoms with van der Waals surface area (Å²) >= 11 is 11.9. The molecule has 0 aliphatic heterocycles. The lowest BCUT2D eigenvalue weighted by atomic mass is 9.89. The Morgan fingerprint density at radius 2 is 2.12 bits per heavy atom. The predicted molar refractivity (Wildman–Crippen MR) is 68.5 cm³/mol. The average Bonchev–Trinajstić information content (AvgIpc) is 2.18. The van der Waals surface area contributed by atoms with Crippen LogP contribution in [0.4, 0.5) is 5.69 Å². The Hall–Kier alpha value is -0.440. The van der Waals surface area contributed by atoms with Gasteiger partial charge in [0.25, 0.3) is 0 Å². The van der Waals surface area contributed by atoms with Crippen LogP contribution in [0.2, 0.25) is 10.0 Å². The molecule has 2 rings (SSSR count). The molecule has 0 radical (unpaired) electrons. The van der Waals surface area contributed by atoms with E-state index in [2.05, 4.69) is 5.32 Å². The van der Waals surface area contributed by atoms with Gasteiger partial charge in [0.1, 0.15) is 0 Å². The number of nitrogens with one attached hydrogen (secondary N) is 1. The Morgan fingerprint density at radius 1 is 1.38 bits per heavy atom. The van der Waals surface area contributed by atoms with Gasteiger partial charge in [-0.25, -0.2) is 0 Å². The van der Waals surface area contributed by atoms with Crippen molar-refractivity contribution in [3.05, 3.63) is 28.2 Å². The van der Waals surface area contributed by atoms with Crippen molar-refractivity contribution in [2.45, 2.75) is 31.9 Å². The molecule has 2 nitrogen and oxygen atoms in total. The second kappa shape index (κ2) is 5.26. The molecule has 1 saturated carbocycles. The number of benzene rings is 1. The summed E-state index contributed by atoms with van der Waals surface area (Å²) in [4.78, 5) is 0. The van der Waals surface area contributed by atoms with E-state index in [0.717, 1.165) is 25.1 Å². The van der Waals surface area contributed by atoms with Gasteiger partial charge < -0.3 is 10.1 Å². The lowest BCUT2D eigenvalue weighted by Crippen LogP contribution is -2.40. The number of hydrogen-bond acceptors (Lipinski definition) is 2. The zero-order valence-electron chi connectivity index (χ0n) is 9.17. The Morgan fingerprint density at radius 3 is 2.75 bits per heavy atom. The summed E-state index contributed by atoms with van der Waals surface area (Å²) in [6.07, 6.45) is 2.51. The van der Waals surface area contributed by atoms with Crippen molar-refractivity contribution in [3.8, 4) is 0 Å². The summed E-state index contributed by atoms with van der Waals surface area (Å²) in [5.74, 6) is 0. The molecule has 88 valence electrons. The SMILES string of the molecule is CCOC1CC(Nc2ccc(Cl)cc2Cl)C1. The van der Waals surface area contributed by atoms with Gasteiger partial charge in [0.15, 0.2) is 0 Å². The third-order valence-corrected chi connectivity index (χ3v) is 3.34. The third kappa shape index (κ3) is 2.82. The lowest BCUT2D eigenvalue weighted by molar-refractivity contribution is 0.00299. The third-order valence-electron chi connectivity index (χ3n) is 2.79. The van der Waals surface area contributed by atoms with E-state index < -0.39 is 0 Å². The second-order valence-corrected chi connectivity index (χ2v) is 4.86. The van der Waals surface area contributed by atoms with Gasteiger partial charge in [-0.05, 0) is 38.0 Å². The van der Waals surface area contributed by atoms with Crippen LogP contribution in [0.15, 0.2) is 18.2 Å². The van der Waals surface area contributed by atoms with E-state index in [4.69, 9.17) is 27.9 Å². The summed E-state index contributed by atoms with van der Waals surface area (Å²) in [5, 5.41) is 4.73. The first-order valence-corrected chi connectivity index (χ1v) is 6.28. The Balaban J connectivity index is 1.87. The van der Waals surface area contributed by atoms with E-state index in [0.29, 0.717) is 22.2 Å². The van der Waals surface area contributed by atoms with Gasteiger partial charge in [0, 0.05) is 17.7 Å². The second-order valence-electron chi connectivity index (χ2n) is 4.01. The molecule has 0 aromatic heterocycles. The quantitative estimate of drug-likeness (QED) is 0.884. The molecular formula is C12H15Cl2NO. The molecule has 0 unspecified atom stereocenters. The van der Waals surface area contributed by atoms with Crippen LogP contribution in [0.3, 0.4) is 0 Å². The minimum Gasteiger partial charge on any atom is -0.381 e. The first kappa shape index (κ1) is 12.0. The maximum absolute atomic E-state index is 6.07. The van der Waals surface area contributed by atoms with Gasteiger partial charge in [0.05, 0.1) is 16.8 Å². The van der Waals surface area contributed by atoms with Crippen LogP contribution in [0, 0.1) is 0 Å². The van der Waals surface area contributed by atoms with Crippen molar-refractivity contribution < 1.29 is 4.74 Å². The molecule has 0 heterocycles. The fourth-order valence-corrected chi connectivity index (χ4v) is 2.34. The highest BCUT2D eigenvalue weighted by molar-refractivity contribution is 6.36. The molecule has 1 aliphatic rings. The Kier molecular flexibility index (Phi) is 3.95. The smallest absolute Gasteiger partial charge is 0.0652 e. The summed E-state index contributed by atoms with van der Waals surface area (Å²) in [6.45, 7) is 2.82. The highest BCUT2D eigenvalue weighted by atomic mass is 35.5. The minimum absolute atomic E-state index is 0.411. The van der Waals surface area contributed by atoms with Gasteiger partial charge >= 0.3 is 0 Å². The van der Waals surface area contributed by atoms with E-state index in [1.54, 1.807) is 6.07 Å². The van der Waals surface area contributed by atoms with E-state index in [1.165, 1.54) is 0 Å². The zero-order valence-corrected chi connectivity index (χ0v) is 10.7. The van der Waals surface area contributed by atoms with Gasteiger partial charge in [-0.2, -0.15) is 0 Å². The summed E-state index contributed by atoms with van der Waals surface area (Å²) in [5.41, 5.74) is 0.950. The lowest BCUT2D eigenvalue weighted by Gasteiger charge is -2.36. The first-order chi connectivity index (χ1) is 7.69. The number of ether oxygens (including phenoxy) is 1. The van der Waals surface area contributed by atoms with Crippen molar-refractivity contribution >= 4 is 28.9 Å².